The Balaban J connectivity index is 1.60. The lowest BCUT2D eigenvalue weighted by Crippen LogP contribution is -2.41. The van der Waals surface area contributed by atoms with Gasteiger partial charge in [-0.1, -0.05) is 36.4 Å². The number of hydrogen-bond acceptors (Lipinski definition) is 4. The van der Waals surface area contributed by atoms with Crippen LogP contribution in [-0.4, -0.2) is 55.4 Å². The normalized spacial score (nSPS) is 12.6. The number of nitrogens with one attached hydrogen (secondary N) is 2. The van der Waals surface area contributed by atoms with Gasteiger partial charge in [0.15, 0.2) is 5.96 Å². The molecule has 3 aromatic rings. The van der Waals surface area contributed by atoms with Crippen LogP contribution in [-0.2, 0) is 13.1 Å². The number of methoxy groups -OCH3 is 1. The first kappa shape index (κ1) is 22.4. The molecule has 1 atom stereocenters. The fraction of sp³-hybridized carbons (Fsp3) is 0.333. The SMILES string of the molecule is CN=C(NCc1ccccc1Cn1cccn1)NCC(c1ccc(OC)cc1)N(C)C. The maximum atomic E-state index is 5.28. The Labute approximate surface area is 184 Å². The van der Waals surface area contributed by atoms with Gasteiger partial charge in [0.05, 0.1) is 19.7 Å². The highest BCUT2D eigenvalue weighted by Crippen LogP contribution is 2.20. The molecular formula is C24H32N6O. The third kappa shape index (κ3) is 6.33. The highest BCUT2D eigenvalue weighted by atomic mass is 16.5. The van der Waals surface area contributed by atoms with Gasteiger partial charge in [0.2, 0.25) is 0 Å². The Morgan fingerprint density at radius 2 is 1.81 bits per heavy atom. The average molecular weight is 421 g/mol. The molecular weight excluding hydrogens is 388 g/mol. The highest BCUT2D eigenvalue weighted by molar-refractivity contribution is 5.79. The predicted molar refractivity (Wildman–Crippen MR) is 125 cm³/mol. The van der Waals surface area contributed by atoms with Gasteiger partial charge in [0, 0.05) is 32.5 Å². The molecule has 0 amide bonds. The maximum Gasteiger partial charge on any atom is 0.191 e. The van der Waals surface area contributed by atoms with Crippen molar-refractivity contribution in [1.29, 1.82) is 0 Å². The number of nitrogens with zero attached hydrogens (tertiary/aromatic N) is 4. The number of likely N-dealkylation sites (N-methyl/N-ethyl adjacent to an activating group) is 1. The van der Waals surface area contributed by atoms with E-state index < -0.39 is 0 Å². The van der Waals surface area contributed by atoms with E-state index in [2.05, 4.69) is 76.1 Å². The first-order valence-corrected chi connectivity index (χ1v) is 10.4. The minimum atomic E-state index is 0.205. The van der Waals surface area contributed by atoms with Crippen LogP contribution in [0, 0.1) is 0 Å². The average Bonchev–Trinajstić information content (AvgIpc) is 3.30. The van der Waals surface area contributed by atoms with Crippen molar-refractivity contribution >= 4 is 5.96 Å². The van der Waals surface area contributed by atoms with Gasteiger partial charge in [0.25, 0.3) is 0 Å². The van der Waals surface area contributed by atoms with Crippen molar-refractivity contribution in [1.82, 2.24) is 25.3 Å². The minimum absolute atomic E-state index is 0.205. The zero-order valence-corrected chi connectivity index (χ0v) is 18.7. The fourth-order valence-electron chi connectivity index (χ4n) is 3.47. The molecule has 0 aliphatic heterocycles. The van der Waals surface area contributed by atoms with Crippen molar-refractivity contribution in [3.8, 4) is 5.75 Å². The smallest absolute Gasteiger partial charge is 0.191 e. The van der Waals surface area contributed by atoms with Gasteiger partial charge in [0.1, 0.15) is 5.75 Å². The van der Waals surface area contributed by atoms with E-state index in [0.29, 0.717) is 6.54 Å². The van der Waals surface area contributed by atoms with Crippen molar-refractivity contribution in [3.05, 3.63) is 83.7 Å². The summed E-state index contributed by atoms with van der Waals surface area (Å²) in [4.78, 5) is 6.60. The molecule has 2 N–H and O–H groups in total. The first-order valence-electron chi connectivity index (χ1n) is 10.4. The van der Waals surface area contributed by atoms with Gasteiger partial charge in [-0.05, 0) is 49.0 Å². The molecule has 0 bridgehead atoms. The van der Waals surface area contributed by atoms with Gasteiger partial charge in [-0.3, -0.25) is 9.67 Å². The van der Waals surface area contributed by atoms with Crippen LogP contribution in [0.1, 0.15) is 22.7 Å². The van der Waals surface area contributed by atoms with Gasteiger partial charge in [-0.25, -0.2) is 0 Å². The van der Waals surface area contributed by atoms with E-state index in [9.17, 15) is 0 Å². The molecule has 0 aliphatic rings. The molecule has 1 unspecified atom stereocenters. The van der Waals surface area contributed by atoms with Crippen molar-refractivity contribution in [3.63, 3.8) is 0 Å². The van der Waals surface area contributed by atoms with Crippen LogP contribution in [0.4, 0.5) is 0 Å². The van der Waals surface area contributed by atoms with E-state index in [4.69, 9.17) is 4.74 Å². The van der Waals surface area contributed by atoms with Crippen molar-refractivity contribution in [2.45, 2.75) is 19.1 Å². The van der Waals surface area contributed by atoms with Crippen LogP contribution >= 0.6 is 0 Å². The molecule has 7 heteroatoms. The van der Waals surface area contributed by atoms with Crippen LogP contribution < -0.4 is 15.4 Å². The molecule has 3 rings (SSSR count). The standard InChI is InChI=1S/C24H32N6O/c1-25-24(27-17-23(29(2)3)19-10-12-22(31-4)13-11-19)26-16-20-8-5-6-9-21(20)18-30-15-7-14-28-30/h5-15,23H,16-18H2,1-4H3,(H2,25,26,27). The summed E-state index contributed by atoms with van der Waals surface area (Å²) in [7, 11) is 7.64. The quantitative estimate of drug-likeness (QED) is 0.412. The summed E-state index contributed by atoms with van der Waals surface area (Å²) >= 11 is 0. The van der Waals surface area contributed by atoms with E-state index in [-0.39, 0.29) is 6.04 Å². The van der Waals surface area contributed by atoms with Crippen LogP contribution in [0.5, 0.6) is 5.75 Å². The largest absolute Gasteiger partial charge is 0.497 e. The number of aromatic nitrogens is 2. The lowest BCUT2D eigenvalue weighted by atomic mass is 10.1. The molecule has 0 aliphatic carbocycles. The Bertz CT molecular complexity index is 950. The summed E-state index contributed by atoms with van der Waals surface area (Å²) in [6.45, 7) is 2.16. The zero-order valence-electron chi connectivity index (χ0n) is 18.7. The Kier molecular flexibility index (Phi) is 8.06. The second-order valence-corrected chi connectivity index (χ2v) is 7.53. The lowest BCUT2D eigenvalue weighted by Gasteiger charge is -2.26. The molecule has 164 valence electrons. The van der Waals surface area contributed by atoms with Crippen LogP contribution in [0.15, 0.2) is 72.0 Å². The van der Waals surface area contributed by atoms with Gasteiger partial charge in [-0.2, -0.15) is 5.10 Å². The van der Waals surface area contributed by atoms with Crippen LogP contribution in [0.25, 0.3) is 0 Å². The minimum Gasteiger partial charge on any atom is -0.497 e. The van der Waals surface area contributed by atoms with E-state index in [1.54, 1.807) is 20.4 Å². The maximum absolute atomic E-state index is 5.28. The Morgan fingerprint density at radius 1 is 1.06 bits per heavy atom. The highest BCUT2D eigenvalue weighted by Gasteiger charge is 2.15. The second-order valence-electron chi connectivity index (χ2n) is 7.53. The predicted octanol–water partition coefficient (Wildman–Crippen LogP) is 2.91. The topological polar surface area (TPSA) is 66.7 Å². The van der Waals surface area contributed by atoms with Crippen LogP contribution in [0.3, 0.4) is 0 Å². The number of aliphatic imine (C=N–C) groups is 1. The summed E-state index contributed by atoms with van der Waals surface area (Å²) in [5.74, 6) is 1.63. The molecule has 2 aromatic carbocycles. The number of benzene rings is 2. The van der Waals surface area contributed by atoms with Gasteiger partial charge < -0.3 is 20.3 Å². The molecule has 1 aromatic heterocycles. The Morgan fingerprint density at radius 3 is 2.42 bits per heavy atom. The zero-order chi connectivity index (χ0) is 22.1. The summed E-state index contributed by atoms with van der Waals surface area (Å²) in [6, 6.07) is 18.7. The van der Waals surface area contributed by atoms with E-state index in [1.807, 2.05) is 29.1 Å². The molecule has 0 saturated heterocycles. The molecule has 7 nitrogen and oxygen atoms in total. The third-order valence-electron chi connectivity index (χ3n) is 5.27. The van der Waals surface area contributed by atoms with Crippen molar-refractivity contribution in [2.75, 3.05) is 34.8 Å². The van der Waals surface area contributed by atoms with Crippen LogP contribution in [0.2, 0.25) is 0 Å². The van der Waals surface area contributed by atoms with Gasteiger partial charge in [-0.15, -0.1) is 0 Å². The second kappa shape index (κ2) is 11.2. The summed E-state index contributed by atoms with van der Waals surface area (Å²) in [5, 5.41) is 11.2. The van der Waals surface area contributed by atoms with E-state index >= 15 is 0 Å². The monoisotopic (exact) mass is 420 g/mol. The molecule has 0 fully saturated rings. The van der Waals surface area contributed by atoms with Crippen molar-refractivity contribution < 1.29 is 4.74 Å². The molecule has 0 spiro atoms. The van der Waals surface area contributed by atoms with Gasteiger partial charge >= 0.3 is 0 Å². The number of guanidine groups is 1. The molecule has 0 radical (unpaired) electrons. The van der Waals surface area contributed by atoms with E-state index in [1.165, 1.54) is 16.7 Å². The fourth-order valence-corrected chi connectivity index (χ4v) is 3.47. The molecule has 31 heavy (non-hydrogen) atoms. The summed E-state index contributed by atoms with van der Waals surface area (Å²) in [6.07, 6.45) is 3.78. The summed E-state index contributed by atoms with van der Waals surface area (Å²) < 4.78 is 7.21. The summed E-state index contributed by atoms with van der Waals surface area (Å²) in [5.41, 5.74) is 3.68. The number of rotatable bonds is 9. The molecule has 1 heterocycles. The number of ether oxygens (including phenoxy) is 1. The van der Waals surface area contributed by atoms with Crippen molar-refractivity contribution in [2.24, 2.45) is 4.99 Å². The number of hydrogen-bond donors (Lipinski definition) is 2. The third-order valence-corrected chi connectivity index (χ3v) is 5.27. The lowest BCUT2D eigenvalue weighted by molar-refractivity contribution is 0.298. The Hall–Kier alpha value is -3.32. The molecule has 0 saturated carbocycles. The first-order chi connectivity index (χ1) is 15.1. The van der Waals surface area contributed by atoms with E-state index in [0.717, 1.165) is 24.8 Å².